The van der Waals surface area contributed by atoms with Crippen LogP contribution in [0.4, 0.5) is 0 Å². The lowest BCUT2D eigenvalue weighted by Gasteiger charge is -2.32. The molecule has 0 amide bonds. The zero-order valence-corrected chi connectivity index (χ0v) is 14.1. The fourth-order valence-electron chi connectivity index (χ4n) is 3.14. The van der Waals surface area contributed by atoms with Crippen LogP contribution in [0.1, 0.15) is 36.0 Å². The maximum absolute atomic E-state index is 10.2. The summed E-state index contributed by atoms with van der Waals surface area (Å²) in [6, 6.07) is 10.0. The first-order valence-corrected chi connectivity index (χ1v) is 8.53. The van der Waals surface area contributed by atoms with Crippen molar-refractivity contribution in [2.45, 2.75) is 38.4 Å². The molecule has 0 spiro atoms. The van der Waals surface area contributed by atoms with Crippen LogP contribution >= 0.6 is 0 Å². The summed E-state index contributed by atoms with van der Waals surface area (Å²) in [5.41, 5.74) is 1.12. The van der Waals surface area contributed by atoms with E-state index in [1.165, 1.54) is 0 Å². The molecule has 130 valence electrons. The molecule has 0 radical (unpaired) electrons. The van der Waals surface area contributed by atoms with Gasteiger partial charge in [0.1, 0.15) is 0 Å². The topological polar surface area (TPSA) is 71.6 Å². The Labute approximate surface area is 142 Å². The number of β-amino-alcohol motifs (C(OH)–C–C–N with tert-alkyl or cyclic N) is 1. The molecule has 1 saturated heterocycles. The summed E-state index contributed by atoms with van der Waals surface area (Å²) in [7, 11) is 0. The van der Waals surface area contributed by atoms with E-state index in [-0.39, 0.29) is 5.92 Å². The minimum atomic E-state index is -0.489. The summed E-state index contributed by atoms with van der Waals surface area (Å²) in [6.07, 6.45) is 1.64. The first-order valence-electron chi connectivity index (χ1n) is 8.53. The SMILES string of the molecule is Cc1noc(C2CCCN(CC(O)COCc3ccccc3)C2)n1. The molecule has 1 aliphatic rings. The molecule has 0 saturated carbocycles. The van der Waals surface area contributed by atoms with Gasteiger partial charge in [-0.2, -0.15) is 4.98 Å². The van der Waals surface area contributed by atoms with Crippen molar-refractivity contribution in [3.63, 3.8) is 0 Å². The van der Waals surface area contributed by atoms with Crippen molar-refractivity contribution in [2.75, 3.05) is 26.2 Å². The van der Waals surface area contributed by atoms with Gasteiger partial charge in [-0.15, -0.1) is 0 Å². The number of hydrogen-bond acceptors (Lipinski definition) is 6. The predicted octanol–water partition coefficient (Wildman–Crippen LogP) is 2.14. The Morgan fingerprint density at radius 1 is 1.38 bits per heavy atom. The van der Waals surface area contributed by atoms with E-state index in [2.05, 4.69) is 15.0 Å². The lowest BCUT2D eigenvalue weighted by atomic mass is 9.98. The van der Waals surface area contributed by atoms with Crippen LogP contribution in [0, 0.1) is 6.92 Å². The molecule has 1 N–H and O–H groups in total. The fraction of sp³-hybridized carbons (Fsp3) is 0.556. The summed E-state index contributed by atoms with van der Waals surface area (Å²) < 4.78 is 10.9. The Balaban J connectivity index is 1.41. The van der Waals surface area contributed by atoms with Gasteiger partial charge in [-0.1, -0.05) is 35.5 Å². The van der Waals surface area contributed by atoms with Crippen molar-refractivity contribution in [1.82, 2.24) is 15.0 Å². The summed E-state index contributed by atoms with van der Waals surface area (Å²) in [6.45, 7) is 5.15. The molecule has 6 nitrogen and oxygen atoms in total. The van der Waals surface area contributed by atoms with Crippen LogP contribution in [0.25, 0.3) is 0 Å². The highest BCUT2D eigenvalue weighted by molar-refractivity contribution is 5.13. The first-order chi connectivity index (χ1) is 11.7. The number of aryl methyl sites for hydroxylation is 1. The minimum absolute atomic E-state index is 0.261. The van der Waals surface area contributed by atoms with Gasteiger partial charge in [-0.05, 0) is 31.9 Å². The van der Waals surface area contributed by atoms with Gasteiger partial charge in [0.25, 0.3) is 0 Å². The van der Waals surface area contributed by atoms with Crippen molar-refractivity contribution in [3.8, 4) is 0 Å². The monoisotopic (exact) mass is 331 g/mol. The number of piperidine rings is 1. The molecule has 1 aromatic heterocycles. The number of benzene rings is 1. The van der Waals surface area contributed by atoms with Crippen molar-refractivity contribution in [1.29, 1.82) is 0 Å². The third-order valence-corrected chi connectivity index (χ3v) is 4.29. The quantitative estimate of drug-likeness (QED) is 0.838. The average Bonchev–Trinajstić information content (AvgIpc) is 3.03. The Kier molecular flexibility index (Phi) is 5.96. The van der Waals surface area contributed by atoms with Crippen LogP contribution in [-0.4, -0.2) is 52.5 Å². The molecule has 2 atom stereocenters. The normalized spacial score (nSPS) is 20.2. The Morgan fingerprint density at radius 3 is 2.96 bits per heavy atom. The lowest BCUT2D eigenvalue weighted by molar-refractivity contribution is 0.00491. The van der Waals surface area contributed by atoms with E-state index in [0.717, 1.165) is 31.5 Å². The molecule has 1 fully saturated rings. The maximum Gasteiger partial charge on any atom is 0.231 e. The van der Waals surface area contributed by atoms with E-state index in [0.29, 0.717) is 31.5 Å². The summed E-state index contributed by atoms with van der Waals surface area (Å²) in [4.78, 5) is 6.59. The number of nitrogens with zero attached hydrogens (tertiary/aromatic N) is 3. The zero-order chi connectivity index (χ0) is 16.8. The van der Waals surface area contributed by atoms with Gasteiger partial charge in [0.15, 0.2) is 5.82 Å². The van der Waals surface area contributed by atoms with E-state index >= 15 is 0 Å². The second kappa shape index (κ2) is 8.37. The van der Waals surface area contributed by atoms with Crippen LogP contribution in [-0.2, 0) is 11.3 Å². The average molecular weight is 331 g/mol. The number of hydrogen-bond donors (Lipinski definition) is 1. The van der Waals surface area contributed by atoms with E-state index in [1.54, 1.807) is 0 Å². The number of rotatable bonds is 7. The standard InChI is InChI=1S/C18H25N3O3/c1-14-19-18(24-20-14)16-8-5-9-21(10-16)11-17(22)13-23-12-15-6-3-2-4-7-15/h2-4,6-7,16-17,22H,5,8-13H2,1H3. The summed E-state index contributed by atoms with van der Waals surface area (Å²) in [5, 5.41) is 14.1. The van der Waals surface area contributed by atoms with Gasteiger partial charge < -0.3 is 14.4 Å². The number of aliphatic hydroxyl groups is 1. The molecule has 2 unspecified atom stereocenters. The minimum Gasteiger partial charge on any atom is -0.389 e. The summed E-state index contributed by atoms with van der Waals surface area (Å²) in [5.74, 6) is 1.65. The van der Waals surface area contributed by atoms with E-state index in [9.17, 15) is 5.11 Å². The number of likely N-dealkylation sites (tertiary alicyclic amines) is 1. The van der Waals surface area contributed by atoms with Crippen LogP contribution < -0.4 is 0 Å². The molecule has 2 heterocycles. The molecule has 0 aliphatic carbocycles. The highest BCUT2D eigenvalue weighted by Crippen LogP contribution is 2.25. The third kappa shape index (κ3) is 4.87. The molecule has 0 bridgehead atoms. The number of ether oxygens (including phenoxy) is 1. The van der Waals surface area contributed by atoms with Gasteiger partial charge in [-0.25, -0.2) is 0 Å². The van der Waals surface area contributed by atoms with Crippen molar-refractivity contribution >= 4 is 0 Å². The van der Waals surface area contributed by atoms with Gasteiger partial charge >= 0.3 is 0 Å². The first kappa shape index (κ1) is 17.1. The second-order valence-corrected chi connectivity index (χ2v) is 6.43. The molecule has 3 rings (SSSR count). The van der Waals surface area contributed by atoms with Crippen molar-refractivity contribution in [3.05, 3.63) is 47.6 Å². The zero-order valence-electron chi connectivity index (χ0n) is 14.1. The number of aliphatic hydroxyl groups excluding tert-OH is 1. The highest BCUT2D eigenvalue weighted by atomic mass is 16.5. The highest BCUT2D eigenvalue weighted by Gasteiger charge is 2.26. The predicted molar refractivity (Wildman–Crippen MR) is 89.6 cm³/mol. The van der Waals surface area contributed by atoms with E-state index < -0.39 is 6.10 Å². The molecule has 24 heavy (non-hydrogen) atoms. The molecular formula is C18H25N3O3. The van der Waals surface area contributed by atoms with Gasteiger partial charge in [-0.3, -0.25) is 4.90 Å². The Hall–Kier alpha value is -1.76. The molecule has 2 aromatic rings. The third-order valence-electron chi connectivity index (χ3n) is 4.29. The van der Waals surface area contributed by atoms with Crippen LogP contribution in [0.15, 0.2) is 34.9 Å². The van der Waals surface area contributed by atoms with Gasteiger partial charge in [0, 0.05) is 13.1 Å². The smallest absolute Gasteiger partial charge is 0.231 e. The Morgan fingerprint density at radius 2 is 2.21 bits per heavy atom. The van der Waals surface area contributed by atoms with Crippen LogP contribution in [0.5, 0.6) is 0 Å². The second-order valence-electron chi connectivity index (χ2n) is 6.43. The maximum atomic E-state index is 10.2. The Bertz CT molecular complexity index is 617. The van der Waals surface area contributed by atoms with E-state index in [1.807, 2.05) is 37.3 Å². The molecular weight excluding hydrogens is 306 g/mol. The van der Waals surface area contributed by atoms with Crippen LogP contribution in [0.3, 0.4) is 0 Å². The molecule has 1 aromatic carbocycles. The van der Waals surface area contributed by atoms with Crippen molar-refractivity contribution in [2.24, 2.45) is 0 Å². The van der Waals surface area contributed by atoms with Crippen molar-refractivity contribution < 1.29 is 14.4 Å². The van der Waals surface area contributed by atoms with Gasteiger partial charge in [0.05, 0.1) is 25.2 Å². The van der Waals surface area contributed by atoms with E-state index in [4.69, 9.17) is 9.26 Å². The lowest BCUT2D eigenvalue weighted by Crippen LogP contribution is -2.40. The molecule has 1 aliphatic heterocycles. The molecule has 6 heteroatoms. The van der Waals surface area contributed by atoms with Crippen LogP contribution in [0.2, 0.25) is 0 Å². The fourth-order valence-corrected chi connectivity index (χ4v) is 3.14. The summed E-state index contributed by atoms with van der Waals surface area (Å²) >= 11 is 0. The number of aromatic nitrogens is 2. The van der Waals surface area contributed by atoms with Gasteiger partial charge in [0.2, 0.25) is 5.89 Å². The largest absolute Gasteiger partial charge is 0.389 e.